The van der Waals surface area contributed by atoms with Crippen molar-refractivity contribution in [2.45, 2.75) is 25.8 Å². The third-order valence-electron chi connectivity index (χ3n) is 4.84. The molecular weight excluding hydrogens is 424 g/mol. The van der Waals surface area contributed by atoms with Gasteiger partial charge in [0.1, 0.15) is 5.75 Å². The standard InChI is InChI=1S/C21H23BrN2O2S/c1-26-19-11-10-17(12-18(19)22)20(25)23-21(27)24(14-16-8-5-9-16)13-15-6-3-2-4-7-15/h2-4,6-7,10-12,16H,5,8-9,13-14H2,1H3,(H,23,25,27). The fourth-order valence-corrected chi connectivity index (χ4v) is 3.84. The van der Waals surface area contributed by atoms with Crippen molar-refractivity contribution in [3.05, 3.63) is 64.1 Å². The molecule has 1 saturated carbocycles. The molecule has 1 amide bonds. The molecule has 27 heavy (non-hydrogen) atoms. The number of thiocarbonyl (C=S) groups is 1. The molecule has 4 nitrogen and oxygen atoms in total. The minimum atomic E-state index is -0.213. The predicted molar refractivity (Wildman–Crippen MR) is 115 cm³/mol. The third kappa shape index (κ3) is 5.30. The Balaban J connectivity index is 1.69. The molecule has 1 aliphatic carbocycles. The summed E-state index contributed by atoms with van der Waals surface area (Å²) in [7, 11) is 1.59. The first-order chi connectivity index (χ1) is 13.1. The number of amides is 1. The van der Waals surface area contributed by atoms with Crippen molar-refractivity contribution in [2.75, 3.05) is 13.7 Å². The van der Waals surface area contributed by atoms with Gasteiger partial charge in [-0.1, -0.05) is 36.8 Å². The highest BCUT2D eigenvalue weighted by Gasteiger charge is 2.23. The Labute approximate surface area is 174 Å². The molecular formula is C21H23BrN2O2S. The second kappa shape index (κ2) is 9.33. The number of nitrogens with one attached hydrogen (secondary N) is 1. The van der Waals surface area contributed by atoms with Gasteiger partial charge < -0.3 is 9.64 Å². The largest absolute Gasteiger partial charge is 0.496 e. The molecule has 2 aromatic carbocycles. The lowest BCUT2D eigenvalue weighted by atomic mass is 9.85. The van der Waals surface area contributed by atoms with Crippen LogP contribution in [0.4, 0.5) is 0 Å². The first-order valence-corrected chi connectivity index (χ1v) is 10.2. The number of carbonyl (C=O) groups is 1. The average Bonchev–Trinajstić information content (AvgIpc) is 2.64. The van der Waals surface area contributed by atoms with E-state index < -0.39 is 0 Å². The average molecular weight is 447 g/mol. The summed E-state index contributed by atoms with van der Waals surface area (Å²) in [4.78, 5) is 14.7. The van der Waals surface area contributed by atoms with E-state index in [4.69, 9.17) is 17.0 Å². The van der Waals surface area contributed by atoms with Crippen LogP contribution in [0.5, 0.6) is 5.75 Å². The van der Waals surface area contributed by atoms with Crippen molar-refractivity contribution >= 4 is 39.2 Å². The molecule has 0 saturated heterocycles. The molecule has 0 heterocycles. The number of carbonyl (C=O) groups excluding carboxylic acids is 1. The van der Waals surface area contributed by atoms with Gasteiger partial charge >= 0.3 is 0 Å². The number of nitrogens with zero attached hydrogens (tertiary/aromatic N) is 1. The summed E-state index contributed by atoms with van der Waals surface area (Å²) in [6.07, 6.45) is 3.74. The molecule has 0 bridgehead atoms. The Morgan fingerprint density at radius 3 is 2.59 bits per heavy atom. The van der Waals surface area contributed by atoms with Crippen LogP contribution < -0.4 is 10.1 Å². The van der Waals surface area contributed by atoms with E-state index in [1.165, 1.54) is 24.8 Å². The molecule has 0 radical (unpaired) electrons. The van der Waals surface area contributed by atoms with Crippen LogP contribution in [0.1, 0.15) is 35.2 Å². The van der Waals surface area contributed by atoms with Crippen molar-refractivity contribution in [1.29, 1.82) is 0 Å². The van der Waals surface area contributed by atoms with E-state index in [9.17, 15) is 4.79 Å². The lowest BCUT2D eigenvalue weighted by Gasteiger charge is -2.34. The van der Waals surface area contributed by atoms with Gasteiger partial charge in [0.05, 0.1) is 11.6 Å². The van der Waals surface area contributed by atoms with E-state index in [1.54, 1.807) is 25.3 Å². The van der Waals surface area contributed by atoms with Crippen molar-refractivity contribution in [3.8, 4) is 5.75 Å². The molecule has 3 rings (SSSR count). The van der Waals surface area contributed by atoms with Crippen LogP contribution in [-0.4, -0.2) is 29.6 Å². The third-order valence-corrected chi connectivity index (χ3v) is 5.82. The zero-order valence-electron chi connectivity index (χ0n) is 15.3. The number of halogens is 1. The molecule has 0 aliphatic heterocycles. The maximum Gasteiger partial charge on any atom is 0.257 e. The fraction of sp³-hybridized carbons (Fsp3) is 0.333. The first kappa shape index (κ1) is 19.8. The van der Waals surface area contributed by atoms with Crippen molar-refractivity contribution in [2.24, 2.45) is 5.92 Å². The fourth-order valence-electron chi connectivity index (χ4n) is 3.07. The molecule has 1 aliphatic rings. The topological polar surface area (TPSA) is 41.6 Å². The number of hydrogen-bond donors (Lipinski definition) is 1. The van der Waals surface area contributed by atoms with Gasteiger partial charge in [0, 0.05) is 18.7 Å². The summed E-state index contributed by atoms with van der Waals surface area (Å²) in [5.74, 6) is 1.12. The SMILES string of the molecule is COc1ccc(C(=O)NC(=S)N(Cc2ccccc2)CC2CCC2)cc1Br. The number of ether oxygens (including phenoxy) is 1. The lowest BCUT2D eigenvalue weighted by molar-refractivity contribution is 0.0971. The summed E-state index contributed by atoms with van der Waals surface area (Å²) in [6, 6.07) is 15.4. The highest BCUT2D eigenvalue weighted by molar-refractivity contribution is 9.10. The molecule has 0 atom stereocenters. The van der Waals surface area contributed by atoms with E-state index in [0.29, 0.717) is 28.9 Å². The first-order valence-electron chi connectivity index (χ1n) is 9.04. The molecule has 0 aromatic heterocycles. The smallest absolute Gasteiger partial charge is 0.257 e. The molecule has 6 heteroatoms. The van der Waals surface area contributed by atoms with Gasteiger partial charge in [0.25, 0.3) is 5.91 Å². The van der Waals surface area contributed by atoms with Gasteiger partial charge in [-0.15, -0.1) is 0 Å². The van der Waals surface area contributed by atoms with E-state index in [2.05, 4.69) is 38.3 Å². The Morgan fingerprint density at radius 2 is 2.00 bits per heavy atom. The van der Waals surface area contributed by atoms with Gasteiger partial charge in [-0.25, -0.2) is 0 Å². The predicted octanol–water partition coefficient (Wildman–Crippen LogP) is 4.77. The van der Waals surface area contributed by atoms with Crippen LogP contribution in [0.25, 0.3) is 0 Å². The molecule has 2 aromatic rings. The van der Waals surface area contributed by atoms with Crippen LogP contribution in [0.2, 0.25) is 0 Å². The molecule has 0 unspecified atom stereocenters. The Morgan fingerprint density at radius 1 is 1.26 bits per heavy atom. The quantitative estimate of drug-likeness (QED) is 0.648. The van der Waals surface area contributed by atoms with Crippen LogP contribution in [-0.2, 0) is 6.54 Å². The minimum Gasteiger partial charge on any atom is -0.496 e. The monoisotopic (exact) mass is 446 g/mol. The summed E-state index contributed by atoms with van der Waals surface area (Å²) in [5, 5.41) is 3.37. The Hall–Kier alpha value is -1.92. The molecule has 1 fully saturated rings. The van der Waals surface area contributed by atoms with Crippen LogP contribution in [0, 0.1) is 5.92 Å². The lowest BCUT2D eigenvalue weighted by Crippen LogP contribution is -2.45. The van der Waals surface area contributed by atoms with Gasteiger partial charge in [-0.3, -0.25) is 10.1 Å². The van der Waals surface area contributed by atoms with Gasteiger partial charge in [-0.2, -0.15) is 0 Å². The van der Waals surface area contributed by atoms with Gasteiger partial charge in [0.2, 0.25) is 0 Å². The Bertz CT molecular complexity index is 809. The number of hydrogen-bond acceptors (Lipinski definition) is 3. The molecule has 142 valence electrons. The van der Waals surface area contributed by atoms with E-state index in [-0.39, 0.29) is 5.91 Å². The molecule has 0 spiro atoms. The van der Waals surface area contributed by atoms with E-state index in [0.717, 1.165) is 11.0 Å². The van der Waals surface area contributed by atoms with Crippen LogP contribution in [0.15, 0.2) is 53.0 Å². The van der Waals surface area contributed by atoms with Gasteiger partial charge in [0.15, 0.2) is 5.11 Å². The highest BCUT2D eigenvalue weighted by Crippen LogP contribution is 2.28. The maximum atomic E-state index is 12.6. The van der Waals surface area contributed by atoms with Crippen molar-refractivity contribution in [3.63, 3.8) is 0 Å². The zero-order chi connectivity index (χ0) is 19.2. The van der Waals surface area contributed by atoms with Crippen LogP contribution >= 0.6 is 28.1 Å². The van der Waals surface area contributed by atoms with Crippen LogP contribution in [0.3, 0.4) is 0 Å². The van der Waals surface area contributed by atoms with E-state index >= 15 is 0 Å². The summed E-state index contributed by atoms with van der Waals surface area (Å²) in [5.41, 5.74) is 1.72. The normalized spacial score (nSPS) is 13.6. The number of rotatable bonds is 6. The maximum absolute atomic E-state index is 12.6. The number of methoxy groups -OCH3 is 1. The summed E-state index contributed by atoms with van der Waals surface area (Å²) >= 11 is 9.00. The Kier molecular flexibility index (Phi) is 6.85. The minimum absolute atomic E-state index is 0.213. The van der Waals surface area contributed by atoms with Gasteiger partial charge in [-0.05, 0) is 70.7 Å². The van der Waals surface area contributed by atoms with E-state index in [1.807, 2.05) is 18.2 Å². The summed E-state index contributed by atoms with van der Waals surface area (Å²) in [6.45, 7) is 1.57. The van der Waals surface area contributed by atoms with Crippen molar-refractivity contribution < 1.29 is 9.53 Å². The zero-order valence-corrected chi connectivity index (χ0v) is 17.7. The van der Waals surface area contributed by atoms with Crippen molar-refractivity contribution in [1.82, 2.24) is 10.2 Å². The number of benzene rings is 2. The highest BCUT2D eigenvalue weighted by atomic mass is 79.9. The molecule has 1 N–H and O–H groups in total. The summed E-state index contributed by atoms with van der Waals surface area (Å²) < 4.78 is 5.95. The second-order valence-electron chi connectivity index (χ2n) is 6.77. The second-order valence-corrected chi connectivity index (χ2v) is 8.01.